The van der Waals surface area contributed by atoms with Crippen molar-refractivity contribution in [2.45, 2.75) is 46.7 Å². The van der Waals surface area contributed by atoms with Crippen molar-refractivity contribution in [3.8, 4) is 0 Å². The third kappa shape index (κ3) is 3.43. The van der Waals surface area contributed by atoms with E-state index < -0.39 is 0 Å². The van der Waals surface area contributed by atoms with Crippen LogP contribution in [-0.2, 0) is 22.6 Å². The number of carbonyl (C=O) groups is 1. The fourth-order valence-corrected chi connectivity index (χ4v) is 3.98. The molecule has 2 fully saturated rings. The Hall–Kier alpha value is -1.40. The largest absolute Gasteiger partial charge is 0.465 e. The standard InChI is InChI=1S/C17H28N4O2/c1-4-23-16(22)10-21-14(3)15(13(2)19-21)9-20-8-6-17(12-20)5-7-18-11-17/h18H,4-12H2,1-3H3. The van der Waals surface area contributed by atoms with Crippen LogP contribution in [0, 0.1) is 19.3 Å². The molecule has 0 amide bonds. The predicted octanol–water partition coefficient (Wildman–Crippen LogP) is 1.25. The number of rotatable bonds is 5. The van der Waals surface area contributed by atoms with Crippen molar-refractivity contribution < 1.29 is 9.53 Å². The van der Waals surface area contributed by atoms with E-state index in [2.05, 4.69) is 22.2 Å². The first-order valence-corrected chi connectivity index (χ1v) is 8.64. The maximum atomic E-state index is 11.7. The van der Waals surface area contributed by atoms with Crippen LogP contribution < -0.4 is 5.32 Å². The summed E-state index contributed by atoms with van der Waals surface area (Å²) in [5.74, 6) is -0.221. The van der Waals surface area contributed by atoms with E-state index in [0.717, 1.165) is 37.6 Å². The number of hydrogen-bond donors (Lipinski definition) is 1. The van der Waals surface area contributed by atoms with Crippen LogP contribution in [-0.4, -0.2) is 53.4 Å². The summed E-state index contributed by atoms with van der Waals surface area (Å²) in [6.07, 6.45) is 2.58. The highest BCUT2D eigenvalue weighted by Crippen LogP contribution is 2.36. The van der Waals surface area contributed by atoms with Crippen molar-refractivity contribution in [2.75, 3.05) is 32.8 Å². The molecule has 6 nitrogen and oxygen atoms in total. The van der Waals surface area contributed by atoms with Crippen molar-refractivity contribution in [3.05, 3.63) is 17.0 Å². The average molecular weight is 320 g/mol. The Labute approximate surface area is 138 Å². The van der Waals surface area contributed by atoms with E-state index in [0.29, 0.717) is 12.0 Å². The van der Waals surface area contributed by atoms with Gasteiger partial charge in [0.1, 0.15) is 6.54 Å². The molecule has 128 valence electrons. The van der Waals surface area contributed by atoms with Crippen LogP contribution >= 0.6 is 0 Å². The number of aromatic nitrogens is 2. The molecule has 1 aromatic heterocycles. The van der Waals surface area contributed by atoms with Gasteiger partial charge in [-0.25, -0.2) is 0 Å². The van der Waals surface area contributed by atoms with Crippen molar-refractivity contribution in [1.29, 1.82) is 0 Å². The molecule has 1 aromatic rings. The summed E-state index contributed by atoms with van der Waals surface area (Å²) in [7, 11) is 0. The third-order valence-electron chi connectivity index (χ3n) is 5.35. The average Bonchev–Trinajstić information content (AvgIpc) is 3.19. The molecule has 0 saturated carbocycles. The Morgan fingerprint density at radius 1 is 1.39 bits per heavy atom. The summed E-state index contributed by atoms with van der Waals surface area (Å²) in [6, 6.07) is 0. The Morgan fingerprint density at radius 3 is 2.91 bits per heavy atom. The van der Waals surface area contributed by atoms with E-state index in [1.807, 2.05) is 13.8 Å². The van der Waals surface area contributed by atoms with Crippen LogP contribution in [0.3, 0.4) is 0 Å². The molecular weight excluding hydrogens is 292 g/mol. The summed E-state index contributed by atoms with van der Waals surface area (Å²) < 4.78 is 6.81. The summed E-state index contributed by atoms with van der Waals surface area (Å²) >= 11 is 0. The number of nitrogens with one attached hydrogen (secondary N) is 1. The Balaban J connectivity index is 1.66. The molecule has 2 aliphatic rings. The zero-order chi connectivity index (χ0) is 16.4. The minimum atomic E-state index is -0.221. The molecule has 3 rings (SSSR count). The summed E-state index contributed by atoms with van der Waals surface area (Å²) in [4.78, 5) is 14.2. The number of ether oxygens (including phenoxy) is 1. The number of carbonyl (C=O) groups excluding carboxylic acids is 1. The van der Waals surface area contributed by atoms with Crippen LogP contribution in [0.5, 0.6) is 0 Å². The molecule has 0 aromatic carbocycles. The van der Waals surface area contributed by atoms with Gasteiger partial charge in [-0.3, -0.25) is 14.4 Å². The molecule has 1 unspecified atom stereocenters. The third-order valence-corrected chi connectivity index (χ3v) is 5.35. The van der Waals surface area contributed by atoms with Gasteiger partial charge in [-0.15, -0.1) is 0 Å². The first-order valence-electron chi connectivity index (χ1n) is 8.64. The smallest absolute Gasteiger partial charge is 0.327 e. The molecule has 2 aliphatic heterocycles. The molecule has 23 heavy (non-hydrogen) atoms. The number of likely N-dealkylation sites (tertiary alicyclic amines) is 1. The quantitative estimate of drug-likeness (QED) is 0.828. The minimum absolute atomic E-state index is 0.203. The molecule has 3 heterocycles. The SMILES string of the molecule is CCOC(=O)Cn1nc(C)c(CN2CCC3(CCNC3)C2)c1C. The van der Waals surface area contributed by atoms with Gasteiger partial charge in [0.15, 0.2) is 0 Å². The summed E-state index contributed by atoms with van der Waals surface area (Å²) in [6.45, 7) is 12.1. The minimum Gasteiger partial charge on any atom is -0.465 e. The van der Waals surface area contributed by atoms with E-state index in [9.17, 15) is 4.79 Å². The molecule has 1 atom stereocenters. The highest BCUT2D eigenvalue weighted by molar-refractivity contribution is 5.69. The van der Waals surface area contributed by atoms with Gasteiger partial charge in [0, 0.05) is 30.9 Å². The number of aryl methyl sites for hydroxylation is 1. The summed E-state index contributed by atoms with van der Waals surface area (Å²) in [5.41, 5.74) is 3.86. The fraction of sp³-hybridized carbons (Fsp3) is 0.765. The maximum absolute atomic E-state index is 11.7. The lowest BCUT2D eigenvalue weighted by Crippen LogP contribution is -2.29. The monoisotopic (exact) mass is 320 g/mol. The van der Waals surface area contributed by atoms with Gasteiger partial charge in [0.2, 0.25) is 0 Å². The van der Waals surface area contributed by atoms with Crippen molar-refractivity contribution in [1.82, 2.24) is 20.0 Å². The molecule has 1 N–H and O–H groups in total. The first kappa shape index (κ1) is 16.5. The Morgan fingerprint density at radius 2 is 2.22 bits per heavy atom. The van der Waals surface area contributed by atoms with Crippen LogP contribution in [0.2, 0.25) is 0 Å². The first-order chi connectivity index (χ1) is 11.0. The second kappa shape index (κ2) is 6.61. The molecule has 6 heteroatoms. The van der Waals surface area contributed by atoms with Crippen molar-refractivity contribution in [3.63, 3.8) is 0 Å². The van der Waals surface area contributed by atoms with E-state index >= 15 is 0 Å². The molecule has 2 saturated heterocycles. The molecule has 1 spiro atoms. The highest BCUT2D eigenvalue weighted by Gasteiger charge is 2.40. The molecular formula is C17H28N4O2. The predicted molar refractivity (Wildman–Crippen MR) is 88.1 cm³/mol. The lowest BCUT2D eigenvalue weighted by molar-refractivity contribution is -0.144. The lowest BCUT2D eigenvalue weighted by atomic mass is 9.86. The topological polar surface area (TPSA) is 59.4 Å². The lowest BCUT2D eigenvalue weighted by Gasteiger charge is -2.23. The van der Waals surface area contributed by atoms with Gasteiger partial charge in [-0.05, 0) is 52.1 Å². The zero-order valence-corrected chi connectivity index (χ0v) is 14.5. The number of hydrogen-bond acceptors (Lipinski definition) is 5. The van der Waals surface area contributed by atoms with E-state index in [1.165, 1.54) is 24.9 Å². The van der Waals surface area contributed by atoms with Gasteiger partial charge < -0.3 is 10.1 Å². The fourth-order valence-electron chi connectivity index (χ4n) is 3.98. The Bertz CT molecular complexity index is 575. The van der Waals surface area contributed by atoms with E-state index in [-0.39, 0.29) is 12.5 Å². The highest BCUT2D eigenvalue weighted by atomic mass is 16.5. The van der Waals surface area contributed by atoms with Crippen molar-refractivity contribution >= 4 is 5.97 Å². The maximum Gasteiger partial charge on any atom is 0.327 e. The zero-order valence-electron chi connectivity index (χ0n) is 14.5. The second-order valence-corrected chi connectivity index (χ2v) is 7.00. The van der Waals surface area contributed by atoms with Gasteiger partial charge >= 0.3 is 5.97 Å². The van der Waals surface area contributed by atoms with Gasteiger partial charge in [-0.1, -0.05) is 0 Å². The van der Waals surface area contributed by atoms with Gasteiger partial charge in [-0.2, -0.15) is 5.10 Å². The normalized spacial score (nSPS) is 24.7. The number of nitrogens with zero attached hydrogens (tertiary/aromatic N) is 3. The van der Waals surface area contributed by atoms with Crippen LogP contribution in [0.4, 0.5) is 0 Å². The van der Waals surface area contributed by atoms with Crippen molar-refractivity contribution in [2.24, 2.45) is 5.41 Å². The molecule has 0 radical (unpaired) electrons. The van der Waals surface area contributed by atoms with Gasteiger partial charge in [0.25, 0.3) is 0 Å². The second-order valence-electron chi connectivity index (χ2n) is 7.00. The Kier molecular flexibility index (Phi) is 4.73. The van der Waals surface area contributed by atoms with Crippen LogP contribution in [0.15, 0.2) is 0 Å². The van der Waals surface area contributed by atoms with Crippen LogP contribution in [0.1, 0.15) is 36.7 Å². The molecule has 0 aliphatic carbocycles. The number of esters is 1. The molecule has 0 bridgehead atoms. The van der Waals surface area contributed by atoms with E-state index in [4.69, 9.17) is 4.74 Å². The van der Waals surface area contributed by atoms with Gasteiger partial charge in [0.05, 0.1) is 12.3 Å². The summed E-state index contributed by atoms with van der Waals surface area (Å²) in [5, 5.41) is 8.05. The van der Waals surface area contributed by atoms with Crippen LogP contribution in [0.25, 0.3) is 0 Å². The van der Waals surface area contributed by atoms with E-state index in [1.54, 1.807) is 4.68 Å².